The van der Waals surface area contributed by atoms with Crippen molar-refractivity contribution in [3.63, 3.8) is 0 Å². The van der Waals surface area contributed by atoms with E-state index in [0.29, 0.717) is 17.4 Å². The summed E-state index contributed by atoms with van der Waals surface area (Å²) in [5.74, 6) is 0.282. The first-order chi connectivity index (χ1) is 13.8. The van der Waals surface area contributed by atoms with Gasteiger partial charge in [-0.2, -0.15) is 9.78 Å². The molecule has 7 nitrogen and oxygen atoms in total. The predicted molar refractivity (Wildman–Crippen MR) is 113 cm³/mol. The summed E-state index contributed by atoms with van der Waals surface area (Å²) in [5.41, 5.74) is 9.16. The van der Waals surface area contributed by atoms with E-state index in [0.717, 1.165) is 11.1 Å². The second-order valence-electron chi connectivity index (χ2n) is 7.92. The van der Waals surface area contributed by atoms with Crippen molar-refractivity contribution in [2.45, 2.75) is 32.9 Å². The van der Waals surface area contributed by atoms with Crippen molar-refractivity contribution >= 4 is 22.8 Å². The number of nitrogen functional groups attached to an aromatic ring is 1. The van der Waals surface area contributed by atoms with Gasteiger partial charge in [-0.15, -0.1) is 5.10 Å². The number of benzene rings is 2. The van der Waals surface area contributed by atoms with E-state index in [1.807, 2.05) is 74.2 Å². The van der Waals surface area contributed by atoms with Gasteiger partial charge >= 0.3 is 6.09 Å². The van der Waals surface area contributed by atoms with Crippen LogP contribution in [0.25, 0.3) is 22.0 Å². The van der Waals surface area contributed by atoms with Crippen LogP contribution in [0.1, 0.15) is 26.3 Å². The number of carbonyl (C=O) groups is 1. The molecule has 0 saturated heterocycles. The molecule has 0 aliphatic heterocycles. The highest BCUT2D eigenvalue weighted by molar-refractivity contribution is 5.97. The average Bonchev–Trinajstić information content (AvgIpc) is 3.26. The molecule has 2 aromatic carbocycles. The molecule has 0 aliphatic rings. The molecule has 0 aliphatic carbocycles. The van der Waals surface area contributed by atoms with E-state index < -0.39 is 11.7 Å². The van der Waals surface area contributed by atoms with E-state index in [2.05, 4.69) is 22.3 Å². The van der Waals surface area contributed by atoms with E-state index in [9.17, 15) is 4.79 Å². The Hall–Kier alpha value is -3.61. The van der Waals surface area contributed by atoms with Gasteiger partial charge in [-0.05, 0) is 44.0 Å². The van der Waals surface area contributed by atoms with Crippen molar-refractivity contribution in [3.8, 4) is 11.1 Å². The third-order valence-corrected chi connectivity index (χ3v) is 4.43. The highest BCUT2D eigenvalue weighted by atomic mass is 16.6. The number of rotatable bonds is 3. The van der Waals surface area contributed by atoms with E-state index in [4.69, 9.17) is 10.5 Å². The molecule has 0 bridgehead atoms. The smallest absolute Gasteiger partial charge is 0.435 e. The summed E-state index contributed by atoms with van der Waals surface area (Å²) in [6.07, 6.45) is 3.25. The quantitative estimate of drug-likeness (QED) is 0.564. The minimum absolute atomic E-state index is 0.282. The summed E-state index contributed by atoms with van der Waals surface area (Å²) in [4.78, 5) is 12.4. The van der Waals surface area contributed by atoms with Crippen LogP contribution in [0, 0.1) is 0 Å². The lowest BCUT2D eigenvalue weighted by molar-refractivity contribution is 0.0523. The number of fused-ring (bicyclic) bond motifs is 1. The van der Waals surface area contributed by atoms with Crippen molar-refractivity contribution < 1.29 is 9.53 Å². The van der Waals surface area contributed by atoms with Gasteiger partial charge in [0.1, 0.15) is 5.60 Å². The Morgan fingerprint density at radius 3 is 2.59 bits per heavy atom. The lowest BCUT2D eigenvalue weighted by Crippen LogP contribution is -2.27. The standard InChI is InChI=1S/C22H23N5O2/c1-22(2,3)29-21(28)27-19-10-9-16(11-18(19)20(23)25-27)17-12-24-26(14-17)13-15-7-5-4-6-8-15/h4-12,14H,13H2,1-3H3,(H2,23,25). The fourth-order valence-corrected chi connectivity index (χ4v) is 3.13. The average molecular weight is 389 g/mol. The monoisotopic (exact) mass is 389 g/mol. The van der Waals surface area contributed by atoms with E-state index in [1.165, 1.54) is 10.2 Å². The summed E-state index contributed by atoms with van der Waals surface area (Å²) in [6, 6.07) is 15.8. The molecule has 4 rings (SSSR count). The zero-order valence-electron chi connectivity index (χ0n) is 16.7. The van der Waals surface area contributed by atoms with Gasteiger partial charge in [0.15, 0.2) is 5.82 Å². The molecule has 7 heteroatoms. The van der Waals surface area contributed by atoms with Crippen LogP contribution in [0.3, 0.4) is 0 Å². The minimum atomic E-state index is -0.614. The summed E-state index contributed by atoms with van der Waals surface area (Å²) < 4.78 is 8.51. The minimum Gasteiger partial charge on any atom is -0.442 e. The first-order valence-corrected chi connectivity index (χ1v) is 9.38. The van der Waals surface area contributed by atoms with Gasteiger partial charge in [0.25, 0.3) is 0 Å². The molecule has 0 radical (unpaired) electrons. The first-order valence-electron chi connectivity index (χ1n) is 9.38. The fourth-order valence-electron chi connectivity index (χ4n) is 3.13. The summed E-state index contributed by atoms with van der Waals surface area (Å²) >= 11 is 0. The van der Waals surface area contributed by atoms with Crippen LogP contribution in [-0.2, 0) is 11.3 Å². The van der Waals surface area contributed by atoms with Crippen LogP contribution in [0.4, 0.5) is 10.6 Å². The van der Waals surface area contributed by atoms with E-state index >= 15 is 0 Å². The van der Waals surface area contributed by atoms with Crippen molar-refractivity contribution in [1.82, 2.24) is 19.6 Å². The van der Waals surface area contributed by atoms with Crippen LogP contribution in [0.5, 0.6) is 0 Å². The molecular formula is C22H23N5O2. The van der Waals surface area contributed by atoms with Crippen LogP contribution in [0.2, 0.25) is 0 Å². The van der Waals surface area contributed by atoms with E-state index in [-0.39, 0.29) is 5.82 Å². The molecule has 148 valence electrons. The maximum absolute atomic E-state index is 12.4. The number of nitrogens with zero attached hydrogens (tertiary/aromatic N) is 4. The molecule has 2 heterocycles. The molecule has 0 spiro atoms. The number of aromatic nitrogens is 4. The van der Waals surface area contributed by atoms with Crippen molar-refractivity contribution in [2.75, 3.05) is 5.73 Å². The second-order valence-corrected chi connectivity index (χ2v) is 7.92. The number of hydrogen-bond acceptors (Lipinski definition) is 5. The van der Waals surface area contributed by atoms with Gasteiger partial charge in [0.05, 0.1) is 18.3 Å². The summed E-state index contributed by atoms with van der Waals surface area (Å²) in [7, 11) is 0. The molecule has 0 atom stereocenters. The maximum atomic E-state index is 12.4. The Labute approximate surface area is 168 Å². The third-order valence-electron chi connectivity index (χ3n) is 4.43. The number of ether oxygens (including phenoxy) is 1. The highest BCUT2D eigenvalue weighted by Gasteiger charge is 2.21. The molecule has 4 aromatic rings. The predicted octanol–water partition coefficient (Wildman–Crippen LogP) is 4.31. The Morgan fingerprint density at radius 1 is 1.10 bits per heavy atom. The van der Waals surface area contributed by atoms with Gasteiger partial charge in [-0.25, -0.2) is 4.79 Å². The second kappa shape index (κ2) is 7.09. The molecule has 0 unspecified atom stereocenters. The summed E-state index contributed by atoms with van der Waals surface area (Å²) in [6.45, 7) is 6.13. The Bertz CT molecular complexity index is 1170. The number of anilines is 1. The van der Waals surface area contributed by atoms with E-state index in [1.54, 1.807) is 0 Å². The zero-order chi connectivity index (χ0) is 20.6. The number of hydrogen-bond donors (Lipinski definition) is 1. The fraction of sp³-hybridized carbons (Fsp3) is 0.227. The van der Waals surface area contributed by atoms with Crippen molar-refractivity contribution in [3.05, 3.63) is 66.5 Å². The van der Waals surface area contributed by atoms with Crippen LogP contribution >= 0.6 is 0 Å². The molecule has 0 saturated carbocycles. The maximum Gasteiger partial charge on any atom is 0.435 e. The van der Waals surface area contributed by atoms with Gasteiger partial charge < -0.3 is 10.5 Å². The number of carbonyl (C=O) groups excluding carboxylic acids is 1. The third kappa shape index (κ3) is 3.99. The zero-order valence-corrected chi connectivity index (χ0v) is 16.7. The highest BCUT2D eigenvalue weighted by Crippen LogP contribution is 2.28. The van der Waals surface area contributed by atoms with Gasteiger partial charge in [0, 0.05) is 17.1 Å². The van der Waals surface area contributed by atoms with Crippen molar-refractivity contribution in [2.24, 2.45) is 0 Å². The lowest BCUT2D eigenvalue weighted by Gasteiger charge is -2.19. The van der Waals surface area contributed by atoms with Gasteiger partial charge in [0.2, 0.25) is 0 Å². The Balaban J connectivity index is 1.63. The van der Waals surface area contributed by atoms with Crippen LogP contribution in [0.15, 0.2) is 60.9 Å². The SMILES string of the molecule is CC(C)(C)OC(=O)n1nc(N)c2cc(-c3cnn(Cc4ccccc4)c3)ccc21. The molecule has 2 N–H and O–H groups in total. The largest absolute Gasteiger partial charge is 0.442 e. The van der Waals surface area contributed by atoms with Crippen LogP contribution in [-0.4, -0.2) is 31.3 Å². The Morgan fingerprint density at radius 2 is 1.86 bits per heavy atom. The molecule has 0 amide bonds. The van der Waals surface area contributed by atoms with Gasteiger partial charge in [-0.3, -0.25) is 4.68 Å². The molecule has 29 heavy (non-hydrogen) atoms. The van der Waals surface area contributed by atoms with Crippen LogP contribution < -0.4 is 5.73 Å². The molecule has 2 aromatic heterocycles. The van der Waals surface area contributed by atoms with Gasteiger partial charge in [-0.1, -0.05) is 36.4 Å². The topological polar surface area (TPSA) is 88.0 Å². The van der Waals surface area contributed by atoms with Crippen molar-refractivity contribution in [1.29, 1.82) is 0 Å². The first kappa shape index (κ1) is 18.7. The lowest BCUT2D eigenvalue weighted by atomic mass is 10.1. The Kier molecular flexibility index (Phi) is 4.58. The number of nitrogens with two attached hydrogens (primary N) is 1. The molecular weight excluding hydrogens is 366 g/mol. The normalized spacial score (nSPS) is 11.7. The molecule has 0 fully saturated rings. The summed E-state index contributed by atoms with van der Waals surface area (Å²) in [5, 5.41) is 9.32.